The van der Waals surface area contributed by atoms with Crippen molar-refractivity contribution in [3.63, 3.8) is 0 Å². The van der Waals surface area contributed by atoms with Crippen molar-refractivity contribution in [1.82, 2.24) is 30.1 Å². The van der Waals surface area contributed by atoms with E-state index >= 15 is 0 Å². The van der Waals surface area contributed by atoms with Crippen molar-refractivity contribution in [3.8, 4) is 0 Å². The molecule has 21 heteroatoms. The minimum absolute atomic E-state index is 0.00188. The van der Waals surface area contributed by atoms with Crippen LogP contribution in [0.5, 0.6) is 0 Å². The highest BCUT2D eigenvalue weighted by molar-refractivity contribution is 8.00. The fourth-order valence-corrected chi connectivity index (χ4v) is 7.23. The van der Waals surface area contributed by atoms with Crippen LogP contribution in [-0.2, 0) is 37.1 Å². The molecule has 0 saturated carbocycles. The van der Waals surface area contributed by atoms with Gasteiger partial charge in [0.25, 0.3) is 11.8 Å². The van der Waals surface area contributed by atoms with E-state index < -0.39 is 47.0 Å². The number of imidazole rings is 1. The van der Waals surface area contributed by atoms with Crippen LogP contribution < -0.4 is 26.7 Å². The number of carboxylic acid groups (broad SMARTS) is 2. The Morgan fingerprint density at radius 2 is 2.04 bits per heavy atom. The molecule has 3 aromatic rings. The van der Waals surface area contributed by atoms with Crippen molar-refractivity contribution < 1.29 is 43.9 Å². The molecule has 2 aliphatic heterocycles. The van der Waals surface area contributed by atoms with Gasteiger partial charge in [-0.1, -0.05) is 28.1 Å². The van der Waals surface area contributed by atoms with E-state index in [1.165, 1.54) is 18.7 Å². The number of carbonyl (C=O) groups is 4. The molecule has 0 aromatic carbocycles. The van der Waals surface area contributed by atoms with E-state index in [1.807, 2.05) is 6.07 Å². The van der Waals surface area contributed by atoms with Crippen LogP contribution in [0.15, 0.2) is 34.8 Å². The summed E-state index contributed by atoms with van der Waals surface area (Å²) in [6, 6.07) is 2.47. The lowest BCUT2D eigenvalue weighted by Gasteiger charge is -2.49. The molecule has 9 N–H and O–H groups in total. The summed E-state index contributed by atoms with van der Waals surface area (Å²) in [5.41, 5.74) is 12.7. The van der Waals surface area contributed by atoms with Crippen molar-refractivity contribution in [2.45, 2.75) is 37.5 Å². The number of oxime groups is 1. The number of aliphatic carboxylic acids is 2. The van der Waals surface area contributed by atoms with Gasteiger partial charge in [0.15, 0.2) is 10.8 Å². The first-order valence-electron chi connectivity index (χ1n) is 14.0. The smallest absolute Gasteiger partial charge is 0.352 e. The zero-order valence-electron chi connectivity index (χ0n) is 24.6. The number of aliphatic hydroxyl groups is 1. The maximum atomic E-state index is 13.4. The second-order valence-corrected chi connectivity index (χ2v) is 13.0. The third-order valence-corrected chi connectivity index (χ3v) is 9.62. The van der Waals surface area contributed by atoms with E-state index in [2.05, 4.69) is 25.8 Å². The maximum absolute atomic E-state index is 13.4. The van der Waals surface area contributed by atoms with Crippen LogP contribution in [0.1, 0.15) is 12.6 Å². The summed E-state index contributed by atoms with van der Waals surface area (Å²) < 4.78 is 3.53. The summed E-state index contributed by atoms with van der Waals surface area (Å²) >= 11 is 8.27. The molecule has 5 heterocycles. The van der Waals surface area contributed by atoms with Gasteiger partial charge < -0.3 is 42.3 Å². The molecule has 0 bridgehead atoms. The van der Waals surface area contributed by atoms with E-state index in [9.17, 15) is 24.3 Å². The average Bonchev–Trinajstić information content (AvgIpc) is 3.54. The predicted octanol–water partition coefficient (Wildman–Crippen LogP) is -1.19. The van der Waals surface area contributed by atoms with Crippen LogP contribution in [0.25, 0.3) is 11.2 Å². The number of amides is 2. The van der Waals surface area contributed by atoms with Crippen LogP contribution in [0.2, 0.25) is 4.34 Å². The fourth-order valence-electron chi connectivity index (χ4n) is 4.96. The van der Waals surface area contributed by atoms with Crippen LogP contribution in [-0.4, -0.2) is 107 Å². The Balaban J connectivity index is 1.37. The highest BCUT2D eigenvalue weighted by Gasteiger charge is 2.54. The number of nitrogen functional groups attached to an aromatic ring is 2. The Bertz CT molecular complexity index is 1810. The molecule has 0 radical (unpaired) electrons. The molecule has 1 saturated heterocycles. The molecule has 3 aromatic heterocycles. The molecular weight excluding hydrogens is 680 g/mol. The van der Waals surface area contributed by atoms with Crippen LogP contribution in [0.4, 0.5) is 11.1 Å². The fraction of sp³-hybridized carbons (Fsp3) is 0.385. The van der Waals surface area contributed by atoms with E-state index in [0.717, 1.165) is 21.8 Å². The van der Waals surface area contributed by atoms with Crippen molar-refractivity contribution in [1.29, 1.82) is 0 Å². The molecule has 0 spiro atoms. The third kappa shape index (κ3) is 6.81. The summed E-state index contributed by atoms with van der Waals surface area (Å²) in [4.78, 5) is 64.9. The number of nitrogens with two attached hydrogens (primary N) is 2. The van der Waals surface area contributed by atoms with Crippen LogP contribution in [0.3, 0.4) is 0 Å². The minimum atomic E-state index is -1.42. The second-order valence-electron chi connectivity index (χ2n) is 10.3. The quantitative estimate of drug-likeness (QED) is 0.0341. The Morgan fingerprint density at radius 3 is 2.70 bits per heavy atom. The van der Waals surface area contributed by atoms with E-state index in [4.69, 9.17) is 38.1 Å². The van der Waals surface area contributed by atoms with Gasteiger partial charge in [0.05, 0.1) is 12.8 Å². The Kier molecular flexibility index (Phi) is 10.2. The first kappa shape index (κ1) is 33.9. The Hall–Kier alpha value is -4.50. The van der Waals surface area contributed by atoms with Crippen molar-refractivity contribution in [3.05, 3.63) is 39.6 Å². The highest BCUT2D eigenvalue weighted by atomic mass is 35.5. The molecular formula is C26H30ClN10O8S2+. The average molecular weight is 710 g/mol. The van der Waals surface area contributed by atoms with E-state index in [-0.39, 0.29) is 45.7 Å². The first-order valence-corrected chi connectivity index (χ1v) is 16.2. The number of carboxylic acids is 2. The van der Waals surface area contributed by atoms with Crippen molar-refractivity contribution >= 4 is 86.4 Å². The number of aliphatic hydroxyl groups excluding tert-OH is 1. The number of rotatable bonds is 14. The summed E-state index contributed by atoms with van der Waals surface area (Å²) in [6.07, 6.45) is 0.310. The zero-order chi connectivity index (χ0) is 34.0. The number of aromatic nitrogens is 4. The normalized spacial score (nSPS) is 18.6. The number of thioether (sulfide) groups is 1. The molecule has 47 heavy (non-hydrogen) atoms. The van der Waals surface area contributed by atoms with Gasteiger partial charge in [-0.15, -0.1) is 11.8 Å². The molecule has 2 amide bonds. The number of hydrogen-bond acceptors (Lipinski definition) is 14. The molecule has 250 valence electrons. The maximum Gasteiger partial charge on any atom is 0.352 e. The number of pyridine rings is 1. The minimum Gasteiger partial charge on any atom is -0.478 e. The largest absolute Gasteiger partial charge is 0.478 e. The molecule has 0 aliphatic carbocycles. The first-order chi connectivity index (χ1) is 22.4. The predicted molar refractivity (Wildman–Crippen MR) is 170 cm³/mol. The second kappa shape index (κ2) is 14.1. The number of fused-ring (bicyclic) bond motifs is 2. The van der Waals surface area contributed by atoms with Gasteiger partial charge >= 0.3 is 23.5 Å². The van der Waals surface area contributed by atoms with Crippen LogP contribution >= 0.6 is 34.7 Å². The Labute approximate surface area is 279 Å². The molecule has 2 aliphatic rings. The number of carbonyl (C=O) groups excluding carboxylic acids is 2. The highest BCUT2D eigenvalue weighted by Crippen LogP contribution is 2.40. The van der Waals surface area contributed by atoms with Crippen molar-refractivity contribution in [2.24, 2.45) is 5.16 Å². The zero-order valence-corrected chi connectivity index (χ0v) is 27.0. The van der Waals surface area contributed by atoms with Gasteiger partial charge in [-0.05, 0) is 24.0 Å². The third-order valence-electron chi connectivity index (χ3n) is 7.20. The van der Waals surface area contributed by atoms with Gasteiger partial charge in [-0.25, -0.2) is 19.1 Å². The van der Waals surface area contributed by atoms with E-state index in [0.29, 0.717) is 30.9 Å². The summed E-state index contributed by atoms with van der Waals surface area (Å²) in [5.74, 6) is -3.83. The molecule has 3 atom stereocenters. The molecule has 2 unspecified atom stereocenters. The van der Waals surface area contributed by atoms with Crippen LogP contribution in [0, 0.1) is 0 Å². The SMILES string of the molecule is C[C@H](ON=C(C(=O)NC1C(=O)N2C(C(=O)O)=C(C[n+]3cccc4c3nc(N)n4CCNCCO)CSC12)c1nc(N)sc1Cl)C(=O)O. The summed E-state index contributed by atoms with van der Waals surface area (Å²) in [7, 11) is 0. The van der Waals surface area contributed by atoms with E-state index in [1.54, 1.807) is 21.4 Å². The Morgan fingerprint density at radius 1 is 1.28 bits per heavy atom. The number of nitrogens with one attached hydrogen (secondary N) is 2. The molecule has 18 nitrogen and oxygen atoms in total. The monoisotopic (exact) mass is 709 g/mol. The van der Waals surface area contributed by atoms with Gasteiger partial charge in [-0.3, -0.25) is 19.1 Å². The van der Waals surface area contributed by atoms with Gasteiger partial charge in [0, 0.05) is 31.0 Å². The number of hydrogen-bond donors (Lipinski definition) is 7. The topological polar surface area (TPSA) is 264 Å². The number of thiazole rings is 1. The lowest BCUT2D eigenvalue weighted by atomic mass is 10.0. The summed E-state index contributed by atoms with van der Waals surface area (Å²) in [6.45, 7) is 2.75. The lowest BCUT2D eigenvalue weighted by Crippen LogP contribution is -2.71. The molecule has 5 rings (SSSR count). The van der Waals surface area contributed by atoms with Gasteiger partial charge in [0.1, 0.15) is 39.2 Å². The summed E-state index contributed by atoms with van der Waals surface area (Å²) in [5, 5.41) is 36.8. The number of nitrogens with zero attached hydrogens (tertiary/aromatic N) is 6. The lowest BCUT2D eigenvalue weighted by molar-refractivity contribution is -0.664. The number of halogens is 1. The number of anilines is 2. The van der Waals surface area contributed by atoms with Crippen molar-refractivity contribution in [2.75, 3.05) is 36.9 Å². The molecule has 1 fully saturated rings. The number of β-lactam (4-membered cyclic amide) rings is 1. The van der Waals surface area contributed by atoms with Gasteiger partial charge in [-0.2, -0.15) is 0 Å². The van der Waals surface area contributed by atoms with Gasteiger partial charge in [0.2, 0.25) is 6.10 Å². The standard InChI is InChI=1S/C26H29ClN10O8S2/c1-11(23(41)42)45-34-15(14-18(27)47-26(29)32-14)20(39)31-16-21(40)37-17(24(43)44)12(10-46-22(16)37)9-35-6-2-3-13-19(35)33-25(28)36(13)7-4-30-5-8-38/h2-3,6,11,16,22,28,30,38H,4-5,7-10H2,1H3,(H5,29,31,32,39,41,42,43,44)/p+1/t11-,16?,22?/m0/s1.